The highest BCUT2D eigenvalue weighted by atomic mass is 16.2. The number of rotatable bonds is 5. The number of carbonyl (C=O) groups is 1. The van der Waals surface area contributed by atoms with Gasteiger partial charge in [-0.1, -0.05) is 32.0 Å². The van der Waals surface area contributed by atoms with Gasteiger partial charge in [0.25, 0.3) is 5.56 Å². The van der Waals surface area contributed by atoms with E-state index < -0.39 is 0 Å². The van der Waals surface area contributed by atoms with Crippen LogP contribution in [0.3, 0.4) is 0 Å². The molecule has 1 aromatic carbocycles. The third-order valence-electron chi connectivity index (χ3n) is 4.26. The summed E-state index contributed by atoms with van der Waals surface area (Å²) in [7, 11) is 0. The van der Waals surface area contributed by atoms with Crippen molar-refractivity contribution >= 4 is 16.9 Å². The molecule has 3 rings (SSSR count). The normalized spacial score (nSPS) is 12.5. The zero-order valence-electron chi connectivity index (χ0n) is 14.5. The van der Waals surface area contributed by atoms with Crippen LogP contribution in [-0.2, 0) is 11.3 Å². The van der Waals surface area contributed by atoms with Gasteiger partial charge in [0.15, 0.2) is 5.65 Å². The van der Waals surface area contributed by atoms with Crippen LogP contribution in [0.5, 0.6) is 0 Å². The lowest BCUT2D eigenvalue weighted by Gasteiger charge is -2.17. The molecule has 7 heteroatoms. The van der Waals surface area contributed by atoms with Crippen LogP contribution in [-0.4, -0.2) is 31.3 Å². The van der Waals surface area contributed by atoms with E-state index in [4.69, 9.17) is 0 Å². The van der Waals surface area contributed by atoms with Crippen LogP contribution in [0.15, 0.2) is 47.7 Å². The lowest BCUT2D eigenvalue weighted by molar-refractivity contribution is -0.122. The van der Waals surface area contributed by atoms with Crippen molar-refractivity contribution in [2.24, 2.45) is 5.92 Å². The average Bonchev–Trinajstić information content (AvgIpc) is 3.03. The first-order valence-corrected chi connectivity index (χ1v) is 8.25. The lowest BCUT2D eigenvalue weighted by Crippen LogP contribution is -2.39. The highest BCUT2D eigenvalue weighted by Gasteiger charge is 2.15. The molecule has 0 unspecified atom stereocenters. The Balaban J connectivity index is 1.89. The number of nitrogens with zero attached hydrogens (tertiary/aromatic N) is 4. The van der Waals surface area contributed by atoms with Gasteiger partial charge in [0, 0.05) is 6.04 Å². The third-order valence-corrected chi connectivity index (χ3v) is 4.26. The van der Waals surface area contributed by atoms with Crippen molar-refractivity contribution in [3.05, 3.63) is 53.2 Å². The smallest absolute Gasteiger partial charge is 0.264 e. The van der Waals surface area contributed by atoms with Crippen molar-refractivity contribution in [1.82, 2.24) is 24.6 Å². The van der Waals surface area contributed by atoms with Crippen LogP contribution >= 0.6 is 0 Å². The van der Waals surface area contributed by atoms with Gasteiger partial charge in [-0.25, -0.2) is 9.67 Å². The van der Waals surface area contributed by atoms with E-state index in [0.29, 0.717) is 17.0 Å². The van der Waals surface area contributed by atoms with Crippen LogP contribution in [0.25, 0.3) is 16.7 Å². The van der Waals surface area contributed by atoms with Gasteiger partial charge >= 0.3 is 0 Å². The number of para-hydroxylation sites is 1. The van der Waals surface area contributed by atoms with Crippen molar-refractivity contribution in [2.45, 2.75) is 33.4 Å². The second-order valence-corrected chi connectivity index (χ2v) is 6.41. The Hall–Kier alpha value is -2.96. The Labute approximate surface area is 145 Å². The Morgan fingerprint density at radius 3 is 2.60 bits per heavy atom. The van der Waals surface area contributed by atoms with E-state index in [1.54, 1.807) is 4.68 Å². The van der Waals surface area contributed by atoms with Crippen LogP contribution < -0.4 is 10.9 Å². The molecule has 2 heterocycles. The monoisotopic (exact) mass is 339 g/mol. The number of carbonyl (C=O) groups excluding carboxylic acids is 1. The molecule has 0 fully saturated rings. The summed E-state index contributed by atoms with van der Waals surface area (Å²) in [6, 6.07) is 9.52. The molecule has 0 spiro atoms. The predicted octanol–water partition coefficient (Wildman–Crippen LogP) is 1.74. The number of fused-ring (bicyclic) bond motifs is 1. The topological polar surface area (TPSA) is 81.8 Å². The van der Waals surface area contributed by atoms with E-state index >= 15 is 0 Å². The molecule has 0 bridgehead atoms. The highest BCUT2D eigenvalue weighted by Crippen LogP contribution is 2.12. The van der Waals surface area contributed by atoms with E-state index in [1.807, 2.05) is 51.1 Å². The molecule has 0 radical (unpaired) electrons. The number of hydrogen-bond donors (Lipinski definition) is 1. The van der Waals surface area contributed by atoms with E-state index in [-0.39, 0.29) is 24.1 Å². The molecule has 2 aromatic heterocycles. The van der Waals surface area contributed by atoms with Crippen molar-refractivity contribution in [3.63, 3.8) is 0 Å². The van der Waals surface area contributed by atoms with Crippen molar-refractivity contribution in [3.8, 4) is 5.69 Å². The van der Waals surface area contributed by atoms with E-state index in [0.717, 1.165) is 5.69 Å². The zero-order valence-corrected chi connectivity index (χ0v) is 14.5. The van der Waals surface area contributed by atoms with Crippen molar-refractivity contribution < 1.29 is 4.79 Å². The van der Waals surface area contributed by atoms with Crippen LogP contribution in [0.4, 0.5) is 0 Å². The zero-order chi connectivity index (χ0) is 18.0. The lowest BCUT2D eigenvalue weighted by atomic mass is 10.1. The molecule has 1 N–H and O–H groups in total. The highest BCUT2D eigenvalue weighted by molar-refractivity contribution is 5.78. The molecular weight excluding hydrogens is 318 g/mol. The Morgan fingerprint density at radius 1 is 1.20 bits per heavy atom. The number of amides is 1. The number of nitrogens with one attached hydrogen (secondary N) is 1. The summed E-state index contributed by atoms with van der Waals surface area (Å²) in [5.74, 6) is 0.116. The standard InChI is InChI=1S/C18H21N5O2/c1-12(2)13(3)21-16(24)10-22-11-19-17-15(18(22)25)9-20-23(17)14-7-5-4-6-8-14/h4-9,11-13H,10H2,1-3H3,(H,21,24)/t13-/m0/s1. The second-order valence-electron chi connectivity index (χ2n) is 6.41. The molecule has 0 saturated carbocycles. The minimum absolute atomic E-state index is 0.0423. The number of aromatic nitrogens is 4. The first-order chi connectivity index (χ1) is 12.0. The van der Waals surface area contributed by atoms with E-state index in [2.05, 4.69) is 15.4 Å². The molecule has 0 aliphatic carbocycles. The molecule has 0 aliphatic rings. The van der Waals surface area contributed by atoms with Crippen molar-refractivity contribution in [2.75, 3.05) is 0 Å². The molecule has 0 aliphatic heterocycles. The second kappa shape index (κ2) is 6.88. The van der Waals surface area contributed by atoms with Gasteiger partial charge in [-0.3, -0.25) is 14.2 Å². The quantitative estimate of drug-likeness (QED) is 0.768. The predicted molar refractivity (Wildman–Crippen MR) is 95.6 cm³/mol. The molecular formula is C18H21N5O2. The third kappa shape index (κ3) is 3.45. The summed E-state index contributed by atoms with van der Waals surface area (Å²) in [5.41, 5.74) is 1.02. The van der Waals surface area contributed by atoms with Gasteiger partial charge in [0.05, 0.1) is 11.9 Å². The number of benzene rings is 1. The van der Waals surface area contributed by atoms with Crippen LogP contribution in [0, 0.1) is 5.92 Å². The summed E-state index contributed by atoms with van der Waals surface area (Å²) in [6.07, 6.45) is 2.88. The minimum atomic E-state index is -0.278. The SMILES string of the molecule is CC(C)[C@H](C)NC(=O)Cn1cnc2c(cnn2-c2ccccc2)c1=O. The van der Waals surface area contributed by atoms with Gasteiger partial charge < -0.3 is 5.32 Å². The maximum Gasteiger partial charge on any atom is 0.264 e. The van der Waals surface area contributed by atoms with Gasteiger partial charge in [-0.05, 0) is 25.0 Å². The number of hydrogen-bond acceptors (Lipinski definition) is 4. The maximum absolute atomic E-state index is 12.6. The Kier molecular flexibility index (Phi) is 4.65. The van der Waals surface area contributed by atoms with Crippen LogP contribution in [0.2, 0.25) is 0 Å². The first kappa shape index (κ1) is 16.9. The fraction of sp³-hybridized carbons (Fsp3) is 0.333. The Bertz CT molecular complexity index is 943. The summed E-state index contributed by atoms with van der Waals surface area (Å²) >= 11 is 0. The molecule has 130 valence electrons. The van der Waals surface area contributed by atoms with E-state index in [1.165, 1.54) is 17.1 Å². The molecule has 1 amide bonds. The summed E-state index contributed by atoms with van der Waals surface area (Å²) in [4.78, 5) is 29.1. The van der Waals surface area contributed by atoms with Crippen molar-refractivity contribution in [1.29, 1.82) is 0 Å². The Morgan fingerprint density at radius 2 is 1.92 bits per heavy atom. The minimum Gasteiger partial charge on any atom is -0.352 e. The van der Waals surface area contributed by atoms with E-state index in [9.17, 15) is 9.59 Å². The molecule has 7 nitrogen and oxygen atoms in total. The first-order valence-electron chi connectivity index (χ1n) is 8.25. The molecule has 1 atom stereocenters. The largest absolute Gasteiger partial charge is 0.352 e. The fourth-order valence-corrected chi connectivity index (χ4v) is 2.44. The van der Waals surface area contributed by atoms with Gasteiger partial charge in [-0.2, -0.15) is 5.10 Å². The average molecular weight is 339 g/mol. The molecule has 0 saturated heterocycles. The molecule has 25 heavy (non-hydrogen) atoms. The summed E-state index contributed by atoms with van der Waals surface area (Å²) in [5, 5.41) is 7.53. The fourth-order valence-electron chi connectivity index (χ4n) is 2.44. The van der Waals surface area contributed by atoms with Gasteiger partial charge in [-0.15, -0.1) is 0 Å². The summed E-state index contributed by atoms with van der Waals surface area (Å²) in [6.45, 7) is 5.94. The summed E-state index contributed by atoms with van der Waals surface area (Å²) < 4.78 is 2.92. The van der Waals surface area contributed by atoms with Crippen LogP contribution in [0.1, 0.15) is 20.8 Å². The van der Waals surface area contributed by atoms with Gasteiger partial charge in [0.2, 0.25) is 5.91 Å². The van der Waals surface area contributed by atoms with Gasteiger partial charge in [0.1, 0.15) is 18.3 Å². The molecule has 3 aromatic rings. The maximum atomic E-state index is 12.6.